The highest BCUT2D eigenvalue weighted by molar-refractivity contribution is 7.87. The van der Waals surface area contributed by atoms with E-state index in [-0.39, 0.29) is 16.2 Å². The van der Waals surface area contributed by atoms with Crippen molar-refractivity contribution in [2.75, 3.05) is 0 Å². The summed E-state index contributed by atoms with van der Waals surface area (Å²) in [5, 5.41) is 3.59. The van der Waals surface area contributed by atoms with Gasteiger partial charge in [-0.25, -0.2) is 4.79 Å². The van der Waals surface area contributed by atoms with Gasteiger partial charge in [0.05, 0.1) is 11.3 Å². The molecule has 2 aromatic rings. The molecule has 0 radical (unpaired) electrons. The van der Waals surface area contributed by atoms with Crippen molar-refractivity contribution in [3.8, 4) is 5.75 Å². The summed E-state index contributed by atoms with van der Waals surface area (Å²) in [4.78, 5) is 16.3. The van der Waals surface area contributed by atoms with E-state index in [1.165, 1.54) is 24.3 Å². The van der Waals surface area contributed by atoms with Crippen LogP contribution in [0.4, 0.5) is 0 Å². The van der Waals surface area contributed by atoms with Crippen LogP contribution in [0.15, 0.2) is 64.2 Å². The van der Waals surface area contributed by atoms with E-state index in [2.05, 4.69) is 9.99 Å². The number of oxime groups is 1. The molecule has 7 heteroatoms. The molecule has 2 aromatic carbocycles. The first-order valence-electron chi connectivity index (χ1n) is 7.45. The first kappa shape index (κ1) is 16.9. The van der Waals surface area contributed by atoms with E-state index in [1.807, 2.05) is 6.92 Å². The fraction of sp³-hybridized carbons (Fsp3) is 0.111. The molecule has 0 bridgehead atoms. The molecule has 6 nitrogen and oxygen atoms in total. The first-order valence-corrected chi connectivity index (χ1v) is 8.86. The third-order valence-corrected chi connectivity index (χ3v) is 4.85. The molecule has 1 aliphatic rings. The number of hydrogen-bond donors (Lipinski definition) is 0. The van der Waals surface area contributed by atoms with Gasteiger partial charge in [-0.15, -0.1) is 0 Å². The highest BCUT2D eigenvalue weighted by Crippen LogP contribution is 2.26. The van der Waals surface area contributed by atoms with Crippen molar-refractivity contribution >= 4 is 27.9 Å². The van der Waals surface area contributed by atoms with Gasteiger partial charge in [0.2, 0.25) is 0 Å². The van der Waals surface area contributed by atoms with Crippen molar-refractivity contribution in [3.63, 3.8) is 0 Å². The Morgan fingerprint density at radius 2 is 1.72 bits per heavy atom. The Balaban J connectivity index is 1.97. The summed E-state index contributed by atoms with van der Waals surface area (Å²) in [6.07, 6.45) is 1.49. The summed E-state index contributed by atoms with van der Waals surface area (Å²) in [7, 11) is -3.99. The smallest absolute Gasteiger partial charge is 0.367 e. The summed E-state index contributed by atoms with van der Waals surface area (Å²) >= 11 is 0. The van der Waals surface area contributed by atoms with Gasteiger partial charge >= 0.3 is 16.1 Å². The summed E-state index contributed by atoms with van der Waals surface area (Å²) in [6.45, 7) is 3.49. The minimum Gasteiger partial charge on any atom is -0.378 e. The van der Waals surface area contributed by atoms with Crippen LogP contribution in [0.1, 0.15) is 18.1 Å². The van der Waals surface area contributed by atoms with E-state index in [1.54, 1.807) is 37.3 Å². The molecule has 3 rings (SSSR count). The molecule has 0 aliphatic carbocycles. The van der Waals surface area contributed by atoms with Crippen molar-refractivity contribution in [2.24, 2.45) is 5.16 Å². The third-order valence-electron chi connectivity index (χ3n) is 3.60. The average molecular weight is 357 g/mol. The number of hydrogen-bond acceptors (Lipinski definition) is 6. The second kappa shape index (κ2) is 6.52. The fourth-order valence-electron chi connectivity index (χ4n) is 2.22. The van der Waals surface area contributed by atoms with Gasteiger partial charge in [0.1, 0.15) is 10.6 Å². The van der Waals surface area contributed by atoms with E-state index >= 15 is 0 Å². The van der Waals surface area contributed by atoms with E-state index in [9.17, 15) is 13.2 Å². The second-order valence-electron chi connectivity index (χ2n) is 5.50. The molecular weight excluding hydrogens is 342 g/mol. The molecule has 1 aliphatic heterocycles. The lowest BCUT2D eigenvalue weighted by Crippen LogP contribution is -2.10. The van der Waals surface area contributed by atoms with Crippen LogP contribution in [0.2, 0.25) is 0 Å². The Labute approximate surface area is 145 Å². The minimum atomic E-state index is -3.99. The molecule has 0 N–H and O–H groups in total. The molecule has 0 saturated heterocycles. The molecule has 0 amide bonds. The van der Waals surface area contributed by atoms with E-state index in [4.69, 9.17) is 4.18 Å². The molecule has 0 fully saturated rings. The number of aryl methyl sites for hydroxylation is 1. The zero-order chi connectivity index (χ0) is 18.0. The molecular formula is C18H15NO5S. The van der Waals surface area contributed by atoms with Gasteiger partial charge in [-0.05, 0) is 38.1 Å². The quantitative estimate of drug-likeness (QED) is 0.477. The summed E-state index contributed by atoms with van der Waals surface area (Å²) in [6, 6.07) is 12.9. The molecule has 0 unspecified atom stereocenters. The molecule has 0 saturated carbocycles. The highest BCUT2D eigenvalue weighted by atomic mass is 32.2. The molecule has 0 spiro atoms. The lowest BCUT2D eigenvalue weighted by molar-refractivity contribution is -0.136. The van der Waals surface area contributed by atoms with Crippen LogP contribution < -0.4 is 4.18 Å². The predicted molar refractivity (Wildman–Crippen MR) is 92.6 cm³/mol. The first-order chi connectivity index (χ1) is 11.9. The molecule has 1 heterocycles. The Morgan fingerprint density at radius 1 is 1.04 bits per heavy atom. The maximum absolute atomic E-state index is 12.5. The van der Waals surface area contributed by atoms with E-state index in [0.29, 0.717) is 11.3 Å². The Kier molecular flexibility index (Phi) is 4.41. The van der Waals surface area contributed by atoms with Gasteiger partial charge in [0.25, 0.3) is 0 Å². The van der Waals surface area contributed by atoms with Crippen molar-refractivity contribution in [1.82, 2.24) is 0 Å². The van der Waals surface area contributed by atoms with Gasteiger partial charge in [0, 0.05) is 5.56 Å². The highest BCUT2D eigenvalue weighted by Gasteiger charge is 2.23. The van der Waals surface area contributed by atoms with Crippen LogP contribution in [0.5, 0.6) is 5.75 Å². The normalized spacial score (nSPS) is 15.8. The van der Waals surface area contributed by atoms with Crippen LogP contribution in [0.3, 0.4) is 0 Å². The third kappa shape index (κ3) is 3.61. The summed E-state index contributed by atoms with van der Waals surface area (Å²) in [5.41, 5.74) is 2.05. The lowest BCUT2D eigenvalue weighted by Gasteiger charge is -2.10. The number of nitrogens with zero attached hydrogens (tertiary/aromatic N) is 1. The van der Waals surface area contributed by atoms with Crippen LogP contribution in [-0.2, 0) is 19.8 Å². The molecule has 0 atom stereocenters. The van der Waals surface area contributed by atoms with Crippen LogP contribution in [0.25, 0.3) is 6.08 Å². The average Bonchev–Trinajstić information content (AvgIpc) is 2.89. The number of benzene rings is 2. The number of para-hydroxylation sites is 1. The Morgan fingerprint density at radius 3 is 2.36 bits per heavy atom. The van der Waals surface area contributed by atoms with Gasteiger partial charge in [-0.3, -0.25) is 0 Å². The Hall–Kier alpha value is -2.93. The predicted octanol–water partition coefficient (Wildman–Crippen LogP) is 3.08. The second-order valence-corrected chi connectivity index (χ2v) is 7.05. The topological polar surface area (TPSA) is 82.0 Å². The molecule has 0 aromatic heterocycles. The van der Waals surface area contributed by atoms with E-state index < -0.39 is 16.1 Å². The molecule has 128 valence electrons. The largest absolute Gasteiger partial charge is 0.378 e. The van der Waals surface area contributed by atoms with Crippen molar-refractivity contribution < 1.29 is 22.2 Å². The Bertz CT molecular complexity index is 988. The number of rotatable bonds is 4. The maximum Gasteiger partial charge on any atom is 0.367 e. The van der Waals surface area contributed by atoms with Gasteiger partial charge < -0.3 is 9.02 Å². The summed E-state index contributed by atoms with van der Waals surface area (Å²) in [5.74, 6) is -0.475. The monoisotopic (exact) mass is 357 g/mol. The van der Waals surface area contributed by atoms with Gasteiger partial charge in [-0.1, -0.05) is 41.1 Å². The zero-order valence-electron chi connectivity index (χ0n) is 13.6. The summed E-state index contributed by atoms with van der Waals surface area (Å²) < 4.78 is 30.2. The van der Waals surface area contributed by atoms with Gasteiger partial charge in [-0.2, -0.15) is 8.42 Å². The van der Waals surface area contributed by atoms with Crippen LogP contribution >= 0.6 is 0 Å². The van der Waals surface area contributed by atoms with Crippen LogP contribution in [-0.4, -0.2) is 20.1 Å². The number of carbonyl (C=O) groups is 1. The zero-order valence-corrected chi connectivity index (χ0v) is 14.4. The lowest BCUT2D eigenvalue weighted by atomic mass is 10.1. The van der Waals surface area contributed by atoms with Crippen molar-refractivity contribution in [1.29, 1.82) is 0 Å². The maximum atomic E-state index is 12.5. The minimum absolute atomic E-state index is 0.0542. The van der Waals surface area contributed by atoms with Crippen molar-refractivity contribution in [2.45, 2.75) is 18.7 Å². The van der Waals surface area contributed by atoms with Gasteiger partial charge in [0.15, 0.2) is 0 Å². The van der Waals surface area contributed by atoms with Crippen molar-refractivity contribution in [3.05, 3.63) is 65.2 Å². The standard InChI is InChI=1S/C18H15NO5S/c1-12-7-9-15(10-8-12)25(21,22)24-17-6-4-3-5-14(17)11-16-13(2)19-23-18(16)20/h3-11H,1-2H3. The SMILES string of the molecule is CC1=NOC(=O)C1=Cc1ccccc1OS(=O)(=O)c1ccc(C)cc1. The number of carbonyl (C=O) groups excluding carboxylic acids is 1. The molecule has 25 heavy (non-hydrogen) atoms. The fourth-order valence-corrected chi connectivity index (χ4v) is 3.18. The van der Waals surface area contributed by atoms with Crippen LogP contribution in [0, 0.1) is 6.92 Å². The van der Waals surface area contributed by atoms with E-state index in [0.717, 1.165) is 5.56 Å².